The summed E-state index contributed by atoms with van der Waals surface area (Å²) in [6, 6.07) is 0. The maximum absolute atomic E-state index is 13.1. The van der Waals surface area contributed by atoms with E-state index in [1.54, 1.807) is 11.3 Å². The molecule has 0 aromatic carbocycles. The van der Waals surface area contributed by atoms with Crippen LogP contribution in [0.2, 0.25) is 0 Å². The van der Waals surface area contributed by atoms with Crippen LogP contribution in [0.1, 0.15) is 90.3 Å². The quantitative estimate of drug-likeness (QED) is 0.365. The van der Waals surface area contributed by atoms with Crippen molar-refractivity contribution in [2.45, 2.75) is 86.5 Å². The number of rotatable bonds is 2. The van der Waals surface area contributed by atoms with Crippen LogP contribution in [0.5, 0.6) is 0 Å². The Morgan fingerprint density at radius 2 is 1.97 bits per heavy atom. The number of hydrogen-bond acceptors (Lipinski definition) is 5. The predicted octanol–water partition coefficient (Wildman–Crippen LogP) is 6.94. The Morgan fingerprint density at radius 1 is 1.23 bits per heavy atom. The number of carbonyl (C=O) groups excluding carboxylic acids is 2. The van der Waals surface area contributed by atoms with Gasteiger partial charge in [0.2, 0.25) is 0 Å². The fraction of sp³-hybridized carbons (Fsp3) is 0.654. The minimum absolute atomic E-state index is 0.234. The van der Waals surface area contributed by atoms with Crippen molar-refractivity contribution in [2.75, 3.05) is 6.61 Å². The van der Waals surface area contributed by atoms with Crippen LogP contribution in [0.4, 0.5) is 0 Å². The van der Waals surface area contributed by atoms with Crippen molar-refractivity contribution in [1.29, 1.82) is 0 Å². The van der Waals surface area contributed by atoms with Gasteiger partial charge in [0.25, 0.3) is 0 Å². The van der Waals surface area contributed by atoms with Gasteiger partial charge in [-0.25, -0.2) is 4.98 Å². The Morgan fingerprint density at radius 3 is 2.65 bits per heavy atom. The Labute approximate surface area is 192 Å². The first-order valence-corrected chi connectivity index (χ1v) is 12.4. The molecule has 4 nitrogen and oxygen atoms in total. The zero-order chi connectivity index (χ0) is 23.0. The monoisotopic (exact) mass is 445 g/mol. The third-order valence-corrected chi connectivity index (χ3v) is 7.09. The zero-order valence-electron chi connectivity index (χ0n) is 20.1. The highest BCUT2D eigenvalue weighted by Gasteiger charge is 2.35. The number of ketones is 1. The Bertz CT molecular complexity index is 818. The number of cyclic esters (lactones) is 1. The third kappa shape index (κ3) is 8.36. The zero-order valence-corrected chi connectivity index (χ0v) is 20.9. The molecule has 0 fully saturated rings. The Balaban J connectivity index is 2.26. The van der Waals surface area contributed by atoms with Crippen LogP contribution < -0.4 is 0 Å². The molecular formula is C26H39NO3S. The molecule has 1 aliphatic rings. The van der Waals surface area contributed by atoms with Gasteiger partial charge in [0.05, 0.1) is 23.2 Å². The van der Waals surface area contributed by atoms with Crippen LogP contribution in [0, 0.1) is 24.2 Å². The summed E-state index contributed by atoms with van der Waals surface area (Å²) in [5.74, 6) is 0.0813. The van der Waals surface area contributed by atoms with E-state index < -0.39 is 11.3 Å². The molecule has 0 radical (unpaired) electrons. The maximum atomic E-state index is 13.1. The highest BCUT2D eigenvalue weighted by molar-refractivity contribution is 7.09. The number of thiazole rings is 1. The summed E-state index contributed by atoms with van der Waals surface area (Å²) in [5.41, 5.74) is 2.53. The topological polar surface area (TPSA) is 56.3 Å². The molecule has 0 bridgehead atoms. The molecule has 2 heterocycles. The average Bonchev–Trinajstić information content (AvgIpc) is 3.11. The summed E-state index contributed by atoms with van der Waals surface area (Å²) in [7, 11) is 0. The van der Waals surface area contributed by atoms with Crippen LogP contribution in [0.25, 0.3) is 6.08 Å². The molecule has 2 rings (SSSR count). The van der Waals surface area contributed by atoms with Crippen LogP contribution in [-0.4, -0.2) is 23.3 Å². The second-order valence-corrected chi connectivity index (χ2v) is 10.8. The lowest BCUT2D eigenvalue weighted by Gasteiger charge is -2.29. The van der Waals surface area contributed by atoms with E-state index in [-0.39, 0.29) is 11.8 Å². The van der Waals surface area contributed by atoms with Crippen molar-refractivity contribution in [3.8, 4) is 0 Å². The van der Waals surface area contributed by atoms with Gasteiger partial charge in [-0.2, -0.15) is 0 Å². The van der Waals surface area contributed by atoms with Crippen molar-refractivity contribution in [2.24, 2.45) is 17.3 Å². The smallest absolute Gasteiger partial charge is 0.313 e. The molecule has 172 valence electrons. The Hall–Kier alpha value is -1.75. The van der Waals surface area contributed by atoms with Gasteiger partial charge in [-0.05, 0) is 64.9 Å². The minimum Gasteiger partial charge on any atom is -0.465 e. The fourth-order valence-electron chi connectivity index (χ4n) is 4.09. The summed E-state index contributed by atoms with van der Waals surface area (Å²) < 4.78 is 5.66. The highest BCUT2D eigenvalue weighted by atomic mass is 32.1. The molecule has 31 heavy (non-hydrogen) atoms. The summed E-state index contributed by atoms with van der Waals surface area (Å²) in [6.45, 7) is 12.6. The predicted molar refractivity (Wildman–Crippen MR) is 129 cm³/mol. The molecule has 1 aromatic heterocycles. The molecule has 1 aromatic rings. The standard InChI is InChI=1S/C26H39NO3S/c1-18-9-7-10-19(2)12-13-24(28)26(5,6)16-23(25(29)30-14-8-11-18)20(3)15-22-17-31-21(4)27-22/h11,15,17,19,23H,7-10,12-14,16H2,1-6H3. The van der Waals surface area contributed by atoms with Gasteiger partial charge in [0.15, 0.2) is 0 Å². The first-order chi connectivity index (χ1) is 14.6. The molecule has 0 aliphatic carbocycles. The van der Waals surface area contributed by atoms with Gasteiger partial charge in [-0.1, -0.05) is 44.4 Å². The lowest BCUT2D eigenvalue weighted by atomic mass is 9.75. The molecule has 2 atom stereocenters. The lowest BCUT2D eigenvalue weighted by molar-refractivity contribution is -0.148. The lowest BCUT2D eigenvalue weighted by Crippen LogP contribution is -2.32. The van der Waals surface area contributed by atoms with E-state index in [1.807, 2.05) is 39.2 Å². The van der Waals surface area contributed by atoms with Crippen molar-refractivity contribution in [3.05, 3.63) is 33.3 Å². The Kier molecular flexibility index (Phi) is 9.67. The average molecular weight is 446 g/mol. The normalized spacial score (nSPS) is 25.1. The van der Waals surface area contributed by atoms with E-state index >= 15 is 0 Å². The van der Waals surface area contributed by atoms with E-state index in [4.69, 9.17) is 4.74 Å². The van der Waals surface area contributed by atoms with Crippen LogP contribution in [0.15, 0.2) is 22.6 Å². The van der Waals surface area contributed by atoms with Gasteiger partial charge in [0, 0.05) is 17.2 Å². The molecular weight excluding hydrogens is 406 g/mol. The molecule has 5 heteroatoms. The summed E-state index contributed by atoms with van der Waals surface area (Å²) in [6.07, 6.45) is 10.2. The number of carbonyl (C=O) groups is 2. The molecule has 1 aliphatic heterocycles. The van der Waals surface area contributed by atoms with Gasteiger partial charge in [-0.15, -0.1) is 11.3 Å². The van der Waals surface area contributed by atoms with Crippen LogP contribution in [0.3, 0.4) is 0 Å². The molecule has 0 spiro atoms. The van der Waals surface area contributed by atoms with E-state index in [0.717, 1.165) is 48.4 Å². The number of aromatic nitrogens is 1. The number of Topliss-reactive ketones (excluding diaryl/α,β-unsaturated/α-hetero) is 1. The molecule has 0 saturated carbocycles. The number of esters is 1. The maximum Gasteiger partial charge on any atom is 0.313 e. The summed E-state index contributed by atoms with van der Waals surface area (Å²) >= 11 is 1.59. The molecule has 2 unspecified atom stereocenters. The van der Waals surface area contributed by atoms with Gasteiger partial charge >= 0.3 is 5.97 Å². The highest BCUT2D eigenvalue weighted by Crippen LogP contribution is 2.34. The van der Waals surface area contributed by atoms with Gasteiger partial charge in [-0.3, -0.25) is 9.59 Å². The largest absolute Gasteiger partial charge is 0.465 e. The van der Waals surface area contributed by atoms with E-state index in [2.05, 4.69) is 24.9 Å². The van der Waals surface area contributed by atoms with Crippen molar-refractivity contribution >= 4 is 29.2 Å². The first kappa shape index (κ1) is 25.5. The molecule has 0 saturated heterocycles. The number of allylic oxidation sites excluding steroid dienone is 1. The van der Waals surface area contributed by atoms with Crippen LogP contribution in [-0.2, 0) is 14.3 Å². The SMILES string of the molecule is CC1=CCCOC(=O)C(C(C)=Cc2csc(C)n2)CC(C)(C)C(=O)CCC(C)CCC1. The van der Waals surface area contributed by atoms with Crippen molar-refractivity contribution in [3.63, 3.8) is 0 Å². The summed E-state index contributed by atoms with van der Waals surface area (Å²) in [5, 5.41) is 2.98. The second kappa shape index (κ2) is 11.8. The minimum atomic E-state index is -0.579. The van der Waals surface area contributed by atoms with E-state index in [9.17, 15) is 9.59 Å². The fourth-order valence-corrected chi connectivity index (χ4v) is 4.66. The number of nitrogens with zero attached hydrogens (tertiary/aromatic N) is 1. The number of aryl methyl sites for hydroxylation is 1. The summed E-state index contributed by atoms with van der Waals surface area (Å²) in [4.78, 5) is 30.6. The van der Waals surface area contributed by atoms with Crippen molar-refractivity contribution in [1.82, 2.24) is 4.98 Å². The van der Waals surface area contributed by atoms with Crippen molar-refractivity contribution < 1.29 is 14.3 Å². The molecule has 0 amide bonds. The second-order valence-electron chi connectivity index (χ2n) is 9.79. The van der Waals surface area contributed by atoms with E-state index in [1.165, 1.54) is 5.57 Å². The van der Waals surface area contributed by atoms with Crippen LogP contribution >= 0.6 is 11.3 Å². The van der Waals surface area contributed by atoms with Gasteiger partial charge in [0.1, 0.15) is 5.78 Å². The number of ether oxygens (including phenoxy) is 1. The molecule has 0 N–H and O–H groups in total. The van der Waals surface area contributed by atoms with Gasteiger partial charge < -0.3 is 4.74 Å². The van der Waals surface area contributed by atoms with E-state index in [0.29, 0.717) is 25.4 Å². The first-order valence-electron chi connectivity index (χ1n) is 11.5. The number of hydrogen-bond donors (Lipinski definition) is 0. The third-order valence-electron chi connectivity index (χ3n) is 6.30.